The zero-order valence-corrected chi connectivity index (χ0v) is 26.3. The number of likely N-dealkylation sites (tertiary alicyclic amines) is 2. The number of carbonyl (C=O) groups is 4. The highest BCUT2D eigenvalue weighted by Crippen LogP contribution is 2.42. The van der Waals surface area contributed by atoms with Gasteiger partial charge in [0, 0.05) is 42.7 Å². The SMILES string of the molecule is N#CC1(c2ccccc2OC(F)(F)F)CCN(C(=O)[C@H]2CCCN2CCCOc2cccc3c2CN(C2CCC(=O)NC2=O)C3=O)CC1. The van der Waals surface area contributed by atoms with Gasteiger partial charge in [-0.15, -0.1) is 13.2 Å². The van der Waals surface area contributed by atoms with Crippen LogP contribution in [0.5, 0.6) is 11.5 Å². The molecule has 3 saturated heterocycles. The monoisotopic (exact) mass is 667 g/mol. The van der Waals surface area contributed by atoms with Crippen molar-refractivity contribution in [2.75, 3.05) is 32.8 Å². The first-order valence-electron chi connectivity index (χ1n) is 16.2. The third kappa shape index (κ3) is 6.69. The lowest BCUT2D eigenvalue weighted by atomic mass is 9.73. The van der Waals surface area contributed by atoms with Gasteiger partial charge in [0.25, 0.3) is 5.91 Å². The van der Waals surface area contributed by atoms with E-state index in [0.29, 0.717) is 42.9 Å². The number of para-hydroxylation sites is 1. The summed E-state index contributed by atoms with van der Waals surface area (Å²) in [4.78, 5) is 56.0. The smallest absolute Gasteiger partial charge is 0.493 e. The van der Waals surface area contributed by atoms with Crippen LogP contribution in [-0.2, 0) is 26.3 Å². The Hall–Kier alpha value is -4.64. The zero-order valence-electron chi connectivity index (χ0n) is 26.3. The first-order valence-corrected chi connectivity index (χ1v) is 16.2. The maximum Gasteiger partial charge on any atom is 0.573 e. The van der Waals surface area contributed by atoms with Crippen molar-refractivity contribution in [2.45, 2.75) is 75.4 Å². The molecule has 4 heterocycles. The van der Waals surface area contributed by atoms with Crippen LogP contribution in [0.1, 0.15) is 66.4 Å². The molecule has 2 aromatic carbocycles. The van der Waals surface area contributed by atoms with Crippen LogP contribution in [0.15, 0.2) is 42.5 Å². The van der Waals surface area contributed by atoms with Crippen molar-refractivity contribution in [1.29, 1.82) is 5.26 Å². The zero-order chi connectivity index (χ0) is 34.1. The number of alkyl halides is 3. The molecule has 0 aromatic heterocycles. The minimum atomic E-state index is -4.89. The second kappa shape index (κ2) is 13.5. The van der Waals surface area contributed by atoms with Crippen molar-refractivity contribution < 1.29 is 41.8 Å². The highest BCUT2D eigenvalue weighted by molar-refractivity contribution is 6.05. The summed E-state index contributed by atoms with van der Waals surface area (Å²) in [6.45, 7) is 2.38. The van der Waals surface area contributed by atoms with Crippen molar-refractivity contribution >= 4 is 23.6 Å². The minimum absolute atomic E-state index is 0.0484. The van der Waals surface area contributed by atoms with E-state index in [2.05, 4.69) is 21.0 Å². The fourth-order valence-electron chi connectivity index (χ4n) is 7.35. The van der Waals surface area contributed by atoms with Gasteiger partial charge in [-0.1, -0.05) is 24.3 Å². The Morgan fingerprint density at radius 3 is 2.50 bits per heavy atom. The summed E-state index contributed by atoms with van der Waals surface area (Å²) >= 11 is 0. The van der Waals surface area contributed by atoms with Gasteiger partial charge in [0.2, 0.25) is 17.7 Å². The summed E-state index contributed by atoms with van der Waals surface area (Å²) in [5.41, 5.74) is 0.150. The molecule has 0 spiro atoms. The standard InChI is InChI=1S/C34H36F3N5O6/c35-34(36,37)48-28-9-2-1-7-24(28)33(21-38)13-17-41(18-14-33)32(46)26-8-4-15-40(26)16-5-19-47-27-10-3-6-22-23(27)20-42(31(22)45)25-11-12-29(43)39-30(25)44/h1-3,6-7,9-10,25-26H,4-5,8,11-20H2,(H,39,43,44)/t25?,26-/m1/s1. The van der Waals surface area contributed by atoms with Gasteiger partial charge in [0.1, 0.15) is 17.5 Å². The van der Waals surface area contributed by atoms with Gasteiger partial charge in [-0.2, -0.15) is 5.26 Å². The predicted octanol–water partition coefficient (Wildman–Crippen LogP) is 3.66. The molecule has 6 rings (SSSR count). The molecule has 1 N–H and O–H groups in total. The largest absolute Gasteiger partial charge is 0.573 e. The van der Waals surface area contributed by atoms with Gasteiger partial charge in [-0.3, -0.25) is 29.4 Å². The molecule has 11 nitrogen and oxygen atoms in total. The van der Waals surface area contributed by atoms with Crippen LogP contribution >= 0.6 is 0 Å². The summed E-state index contributed by atoms with van der Waals surface area (Å²) in [7, 11) is 0. The number of halogens is 3. The van der Waals surface area contributed by atoms with Gasteiger partial charge in [0.15, 0.2) is 0 Å². The van der Waals surface area contributed by atoms with E-state index in [0.717, 1.165) is 13.0 Å². The van der Waals surface area contributed by atoms with Gasteiger partial charge >= 0.3 is 6.36 Å². The van der Waals surface area contributed by atoms with Crippen molar-refractivity contribution in [3.63, 3.8) is 0 Å². The molecule has 3 fully saturated rings. The molecule has 2 atom stereocenters. The van der Waals surface area contributed by atoms with Crippen molar-refractivity contribution in [2.24, 2.45) is 0 Å². The third-order valence-corrected chi connectivity index (χ3v) is 9.81. The van der Waals surface area contributed by atoms with Gasteiger partial charge in [-0.25, -0.2) is 0 Å². The molecule has 0 bridgehead atoms. The molecule has 2 aromatic rings. The molecule has 4 amide bonds. The summed E-state index contributed by atoms with van der Waals surface area (Å²) in [6.07, 6.45) is -1.90. The number of amides is 4. The van der Waals surface area contributed by atoms with Crippen LogP contribution in [-0.4, -0.2) is 89.6 Å². The van der Waals surface area contributed by atoms with Crippen LogP contribution in [0.4, 0.5) is 13.2 Å². The Morgan fingerprint density at radius 1 is 1.02 bits per heavy atom. The van der Waals surface area contributed by atoms with Crippen LogP contribution in [0, 0.1) is 11.3 Å². The molecule has 48 heavy (non-hydrogen) atoms. The number of fused-ring (bicyclic) bond motifs is 1. The maximum atomic E-state index is 13.6. The number of imide groups is 1. The second-order valence-corrected chi connectivity index (χ2v) is 12.6. The van der Waals surface area contributed by atoms with Gasteiger partial charge in [0.05, 0.1) is 30.7 Å². The number of nitrogens with one attached hydrogen (secondary N) is 1. The summed E-state index contributed by atoms with van der Waals surface area (Å²) in [5, 5.41) is 12.4. The number of carbonyl (C=O) groups excluding carboxylic acids is 4. The molecule has 0 radical (unpaired) electrons. The Labute approximate surface area is 275 Å². The van der Waals surface area contributed by atoms with Crippen LogP contribution in [0.25, 0.3) is 0 Å². The van der Waals surface area contributed by atoms with Crippen LogP contribution < -0.4 is 14.8 Å². The summed E-state index contributed by atoms with van der Waals surface area (Å²) in [5.74, 6) is -0.974. The van der Waals surface area contributed by atoms with Crippen LogP contribution in [0.3, 0.4) is 0 Å². The molecular formula is C34H36F3N5O6. The maximum absolute atomic E-state index is 13.6. The normalized spacial score (nSPS) is 22.7. The molecule has 1 unspecified atom stereocenters. The van der Waals surface area contributed by atoms with Gasteiger partial charge < -0.3 is 19.3 Å². The van der Waals surface area contributed by atoms with E-state index in [1.165, 1.54) is 23.1 Å². The van der Waals surface area contributed by atoms with E-state index in [-0.39, 0.29) is 74.6 Å². The number of hydrogen-bond donors (Lipinski definition) is 1. The number of benzene rings is 2. The highest BCUT2D eigenvalue weighted by Gasteiger charge is 2.44. The van der Waals surface area contributed by atoms with Gasteiger partial charge in [-0.05, 0) is 63.3 Å². The average molecular weight is 668 g/mol. The molecule has 4 aliphatic heterocycles. The second-order valence-electron chi connectivity index (χ2n) is 12.6. The quantitative estimate of drug-likeness (QED) is 0.317. The molecule has 14 heteroatoms. The Balaban J connectivity index is 1.02. The summed E-state index contributed by atoms with van der Waals surface area (Å²) < 4.78 is 49.5. The molecule has 0 saturated carbocycles. The lowest BCUT2D eigenvalue weighted by Gasteiger charge is -2.40. The number of piperidine rings is 2. The molecular weight excluding hydrogens is 631 g/mol. The van der Waals surface area contributed by atoms with E-state index < -0.39 is 29.5 Å². The number of nitrogens with zero attached hydrogens (tertiary/aromatic N) is 4. The van der Waals surface area contributed by atoms with E-state index in [1.807, 2.05) is 0 Å². The fraction of sp³-hybridized carbons (Fsp3) is 0.500. The first kappa shape index (κ1) is 33.3. The minimum Gasteiger partial charge on any atom is -0.493 e. The number of nitriles is 1. The Morgan fingerprint density at radius 2 is 1.77 bits per heavy atom. The lowest BCUT2D eigenvalue weighted by molar-refractivity contribution is -0.275. The predicted molar refractivity (Wildman–Crippen MR) is 163 cm³/mol. The topological polar surface area (TPSA) is 132 Å². The number of ether oxygens (including phenoxy) is 2. The van der Waals surface area contributed by atoms with E-state index in [9.17, 15) is 37.6 Å². The van der Waals surface area contributed by atoms with Crippen molar-refractivity contribution in [3.05, 3.63) is 59.2 Å². The highest BCUT2D eigenvalue weighted by atomic mass is 19.4. The fourth-order valence-corrected chi connectivity index (χ4v) is 7.35. The third-order valence-electron chi connectivity index (χ3n) is 9.81. The van der Waals surface area contributed by atoms with E-state index in [4.69, 9.17) is 4.74 Å². The first-order chi connectivity index (χ1) is 23.0. The Kier molecular flexibility index (Phi) is 9.33. The molecule has 254 valence electrons. The van der Waals surface area contributed by atoms with Crippen molar-refractivity contribution in [1.82, 2.24) is 20.0 Å². The lowest BCUT2D eigenvalue weighted by Crippen LogP contribution is -2.52. The summed E-state index contributed by atoms with van der Waals surface area (Å²) in [6, 6.07) is 12.1. The molecule has 0 aliphatic carbocycles. The molecule has 4 aliphatic rings. The average Bonchev–Trinajstić information content (AvgIpc) is 3.67. The number of hydrogen-bond acceptors (Lipinski definition) is 8. The van der Waals surface area contributed by atoms with E-state index >= 15 is 0 Å². The number of rotatable bonds is 9. The Bertz CT molecular complexity index is 1630. The van der Waals surface area contributed by atoms with Crippen LogP contribution in [0.2, 0.25) is 0 Å². The van der Waals surface area contributed by atoms with Crippen molar-refractivity contribution in [3.8, 4) is 17.6 Å². The van der Waals surface area contributed by atoms with E-state index in [1.54, 1.807) is 29.2 Å².